The lowest BCUT2D eigenvalue weighted by atomic mass is 9.79. The molecule has 3 unspecified atom stereocenters. The number of hydrogen-bond donors (Lipinski definition) is 2. The van der Waals surface area contributed by atoms with Gasteiger partial charge in [0.2, 0.25) is 0 Å². The van der Waals surface area contributed by atoms with Gasteiger partial charge in [-0.15, -0.1) is 0 Å². The molecule has 0 radical (unpaired) electrons. The van der Waals surface area contributed by atoms with Crippen LogP contribution in [0.4, 0.5) is 4.79 Å². The van der Waals surface area contributed by atoms with Gasteiger partial charge in [0, 0.05) is 0 Å². The minimum absolute atomic E-state index is 0.247. The van der Waals surface area contributed by atoms with E-state index in [9.17, 15) is 9.90 Å². The lowest BCUT2D eigenvalue weighted by Crippen LogP contribution is -2.42. The van der Waals surface area contributed by atoms with E-state index in [1.54, 1.807) is 0 Å². The summed E-state index contributed by atoms with van der Waals surface area (Å²) in [6, 6.07) is 5.84. The van der Waals surface area contributed by atoms with Crippen LogP contribution in [-0.4, -0.2) is 24.4 Å². The Morgan fingerprint density at radius 3 is 3.11 bits per heavy atom. The van der Waals surface area contributed by atoms with Crippen molar-refractivity contribution in [3.63, 3.8) is 0 Å². The topological polar surface area (TPSA) is 58.6 Å². The molecule has 4 heteroatoms. The predicted octanol–water partition coefficient (Wildman–Crippen LogP) is 1.88. The molecule has 2 aliphatic rings. The van der Waals surface area contributed by atoms with Gasteiger partial charge in [-0.1, -0.05) is 18.2 Å². The first-order valence-corrected chi connectivity index (χ1v) is 6.35. The Morgan fingerprint density at radius 1 is 1.50 bits per heavy atom. The lowest BCUT2D eigenvalue weighted by molar-refractivity contribution is 0.0988. The fourth-order valence-corrected chi connectivity index (χ4v) is 3.32. The average Bonchev–Trinajstić information content (AvgIpc) is 2.79. The molecule has 0 saturated heterocycles. The second-order valence-corrected chi connectivity index (χ2v) is 5.08. The molecule has 1 aromatic rings. The molecule has 4 nitrogen and oxygen atoms in total. The number of rotatable bonds is 1. The van der Waals surface area contributed by atoms with Crippen molar-refractivity contribution in [2.75, 3.05) is 7.11 Å². The Kier molecular flexibility index (Phi) is 2.74. The summed E-state index contributed by atoms with van der Waals surface area (Å²) in [5.74, 6) is 0.460. The number of methoxy groups -OCH3 is 1. The highest BCUT2D eigenvalue weighted by atomic mass is 16.5. The molecule has 96 valence electrons. The highest BCUT2D eigenvalue weighted by Crippen LogP contribution is 2.46. The summed E-state index contributed by atoms with van der Waals surface area (Å²) in [5, 5.41) is 13.1. The van der Waals surface area contributed by atoms with Crippen LogP contribution in [0.15, 0.2) is 18.2 Å². The molecule has 0 spiro atoms. The van der Waals surface area contributed by atoms with Gasteiger partial charge in [0.05, 0.1) is 19.3 Å². The molecule has 0 aliphatic heterocycles. The third-order valence-electron chi connectivity index (χ3n) is 4.13. The maximum Gasteiger partial charge on any atom is 0.407 e. The van der Waals surface area contributed by atoms with E-state index in [1.807, 2.05) is 12.1 Å². The van der Waals surface area contributed by atoms with E-state index in [2.05, 4.69) is 16.1 Å². The van der Waals surface area contributed by atoms with Gasteiger partial charge >= 0.3 is 6.09 Å². The van der Waals surface area contributed by atoms with Crippen LogP contribution >= 0.6 is 0 Å². The van der Waals surface area contributed by atoms with Crippen LogP contribution in [0.5, 0.6) is 0 Å². The number of carbonyl (C=O) groups excluding carboxylic acids is 1. The van der Waals surface area contributed by atoms with Crippen LogP contribution < -0.4 is 5.32 Å². The van der Waals surface area contributed by atoms with Gasteiger partial charge in [-0.05, 0) is 41.9 Å². The van der Waals surface area contributed by atoms with Gasteiger partial charge in [-0.25, -0.2) is 4.79 Å². The molecule has 1 aromatic carbocycles. The molecule has 18 heavy (non-hydrogen) atoms. The molecule has 3 rings (SSSR count). The molecular formula is C14H17NO3. The summed E-state index contributed by atoms with van der Waals surface area (Å²) in [4.78, 5) is 11.3. The standard InChI is InChI=1S/C14H17NO3/c1-18-14(17)15-11-7-9-6-5-8-3-2-4-10(12(8)9)13(11)16/h2-4,9,11,13,16H,5-7H2,1H3,(H,15,17). The van der Waals surface area contributed by atoms with E-state index in [4.69, 9.17) is 0 Å². The lowest BCUT2D eigenvalue weighted by Gasteiger charge is -2.33. The zero-order valence-corrected chi connectivity index (χ0v) is 10.3. The third kappa shape index (κ3) is 1.68. The number of carbonyl (C=O) groups is 1. The van der Waals surface area contributed by atoms with Crippen LogP contribution in [-0.2, 0) is 11.2 Å². The SMILES string of the molecule is COC(=O)NC1CC2CCc3cccc(c32)C1O. The summed E-state index contributed by atoms with van der Waals surface area (Å²) in [6.45, 7) is 0. The molecule has 0 bridgehead atoms. The van der Waals surface area contributed by atoms with Crippen molar-refractivity contribution in [1.29, 1.82) is 0 Å². The number of alkyl carbamates (subject to hydrolysis) is 1. The van der Waals surface area contributed by atoms with E-state index in [0.29, 0.717) is 5.92 Å². The van der Waals surface area contributed by atoms with E-state index in [0.717, 1.165) is 24.8 Å². The number of ether oxygens (including phenoxy) is 1. The second kappa shape index (κ2) is 4.28. The number of aliphatic hydroxyl groups is 1. The van der Waals surface area contributed by atoms with Crippen molar-refractivity contribution < 1.29 is 14.6 Å². The minimum Gasteiger partial charge on any atom is -0.453 e. The Morgan fingerprint density at radius 2 is 2.33 bits per heavy atom. The number of hydrogen-bond acceptors (Lipinski definition) is 3. The Bertz CT molecular complexity index is 486. The van der Waals surface area contributed by atoms with Gasteiger partial charge in [0.25, 0.3) is 0 Å². The van der Waals surface area contributed by atoms with E-state index < -0.39 is 12.2 Å². The van der Waals surface area contributed by atoms with Crippen LogP contribution in [0.1, 0.15) is 41.6 Å². The monoisotopic (exact) mass is 247 g/mol. The molecule has 0 fully saturated rings. The summed E-state index contributed by atoms with van der Waals surface area (Å²) in [7, 11) is 1.34. The second-order valence-electron chi connectivity index (χ2n) is 5.08. The van der Waals surface area contributed by atoms with Crippen LogP contribution in [0.25, 0.3) is 0 Å². The van der Waals surface area contributed by atoms with Crippen molar-refractivity contribution in [1.82, 2.24) is 5.32 Å². The van der Waals surface area contributed by atoms with E-state index in [-0.39, 0.29) is 6.04 Å². The molecule has 0 heterocycles. The first kappa shape index (κ1) is 11.5. The number of nitrogens with one attached hydrogen (secondary N) is 1. The van der Waals surface area contributed by atoms with Gasteiger partial charge in [-0.3, -0.25) is 0 Å². The summed E-state index contributed by atoms with van der Waals surface area (Å²) in [6.07, 6.45) is 1.87. The molecule has 0 aromatic heterocycles. The van der Waals surface area contributed by atoms with Gasteiger partial charge in [0.15, 0.2) is 0 Å². The van der Waals surface area contributed by atoms with Crippen molar-refractivity contribution in [3.05, 3.63) is 34.9 Å². The number of aryl methyl sites for hydroxylation is 1. The van der Waals surface area contributed by atoms with E-state index >= 15 is 0 Å². The van der Waals surface area contributed by atoms with Crippen molar-refractivity contribution in [3.8, 4) is 0 Å². The minimum atomic E-state index is -0.631. The number of amides is 1. The molecule has 3 atom stereocenters. The molecular weight excluding hydrogens is 230 g/mol. The Balaban J connectivity index is 1.92. The van der Waals surface area contributed by atoms with Crippen molar-refractivity contribution in [2.24, 2.45) is 0 Å². The quantitative estimate of drug-likeness (QED) is 0.796. The largest absolute Gasteiger partial charge is 0.453 e. The molecule has 1 amide bonds. The fraction of sp³-hybridized carbons (Fsp3) is 0.500. The predicted molar refractivity (Wildman–Crippen MR) is 66.4 cm³/mol. The van der Waals surface area contributed by atoms with Gasteiger partial charge < -0.3 is 15.2 Å². The Labute approximate surface area is 106 Å². The van der Waals surface area contributed by atoms with E-state index in [1.165, 1.54) is 18.2 Å². The van der Waals surface area contributed by atoms with Crippen LogP contribution in [0, 0.1) is 0 Å². The molecule has 2 aliphatic carbocycles. The maximum atomic E-state index is 11.3. The van der Waals surface area contributed by atoms with Crippen LogP contribution in [0.2, 0.25) is 0 Å². The molecule has 0 saturated carbocycles. The average molecular weight is 247 g/mol. The fourth-order valence-electron chi connectivity index (χ4n) is 3.32. The highest BCUT2D eigenvalue weighted by molar-refractivity contribution is 5.67. The van der Waals surface area contributed by atoms with Crippen molar-refractivity contribution in [2.45, 2.75) is 37.3 Å². The summed E-state index contributed by atoms with van der Waals surface area (Å²) < 4.78 is 4.61. The normalized spacial score (nSPS) is 28.7. The van der Waals surface area contributed by atoms with Gasteiger partial charge in [-0.2, -0.15) is 0 Å². The first-order chi connectivity index (χ1) is 8.70. The third-order valence-corrected chi connectivity index (χ3v) is 4.13. The van der Waals surface area contributed by atoms with Crippen LogP contribution in [0.3, 0.4) is 0 Å². The summed E-state index contributed by atoms with van der Waals surface area (Å²) in [5.41, 5.74) is 3.64. The maximum absolute atomic E-state index is 11.3. The molecule has 2 N–H and O–H groups in total. The van der Waals surface area contributed by atoms with Gasteiger partial charge in [0.1, 0.15) is 0 Å². The first-order valence-electron chi connectivity index (χ1n) is 6.35. The number of benzene rings is 1. The summed E-state index contributed by atoms with van der Waals surface area (Å²) >= 11 is 0. The zero-order valence-electron chi connectivity index (χ0n) is 10.3. The smallest absolute Gasteiger partial charge is 0.407 e. The number of aliphatic hydroxyl groups excluding tert-OH is 1. The highest BCUT2D eigenvalue weighted by Gasteiger charge is 2.38. The van der Waals surface area contributed by atoms with Crippen molar-refractivity contribution >= 4 is 6.09 Å². The zero-order chi connectivity index (χ0) is 12.7. The Hall–Kier alpha value is -1.55.